The second-order valence-corrected chi connectivity index (χ2v) is 8.77. The van der Waals surface area contributed by atoms with E-state index in [1.54, 1.807) is 24.3 Å². The van der Waals surface area contributed by atoms with Crippen molar-refractivity contribution in [1.82, 2.24) is 9.62 Å². The topological polar surface area (TPSA) is 75.7 Å². The van der Waals surface area contributed by atoms with Gasteiger partial charge in [-0.3, -0.25) is 4.79 Å². The van der Waals surface area contributed by atoms with Gasteiger partial charge >= 0.3 is 0 Å². The molecule has 6 nitrogen and oxygen atoms in total. The van der Waals surface area contributed by atoms with Gasteiger partial charge in [-0.05, 0) is 71.1 Å². The van der Waals surface area contributed by atoms with Gasteiger partial charge in [-0.2, -0.15) is 0 Å². The number of sulfonamides is 1. The predicted molar refractivity (Wildman–Crippen MR) is 104 cm³/mol. The monoisotopic (exact) mass is 474 g/mol. The zero-order valence-electron chi connectivity index (χ0n) is 13.9. The van der Waals surface area contributed by atoms with Crippen molar-refractivity contribution in [2.45, 2.75) is 4.90 Å². The first-order chi connectivity index (χ1) is 11.8. The molecule has 1 N–H and O–H groups in total. The molecule has 0 unspecified atom stereocenters. The number of nitrogens with zero attached hydrogens (tertiary/aromatic N) is 1. The van der Waals surface area contributed by atoms with Crippen LogP contribution in [-0.4, -0.2) is 45.9 Å². The Bertz CT molecular complexity index is 819. The molecule has 2 aromatic carbocycles. The van der Waals surface area contributed by atoms with Crippen LogP contribution in [0.2, 0.25) is 0 Å². The summed E-state index contributed by atoms with van der Waals surface area (Å²) < 4.78 is 31.7. The van der Waals surface area contributed by atoms with Gasteiger partial charge in [-0.25, -0.2) is 12.7 Å². The number of rotatable bonds is 7. The lowest BCUT2D eigenvalue weighted by Gasteiger charge is -2.12. The van der Waals surface area contributed by atoms with Crippen LogP contribution in [0.25, 0.3) is 0 Å². The number of carbonyl (C=O) groups excluding carboxylic acids is 1. The Morgan fingerprint density at radius 1 is 1.08 bits per heavy atom. The van der Waals surface area contributed by atoms with Crippen molar-refractivity contribution in [1.29, 1.82) is 0 Å². The molecule has 0 aliphatic rings. The summed E-state index contributed by atoms with van der Waals surface area (Å²) in [6.45, 7) is 0.637. The first-order valence-corrected chi connectivity index (χ1v) is 10.0. The van der Waals surface area contributed by atoms with E-state index in [1.807, 2.05) is 12.1 Å². The van der Waals surface area contributed by atoms with Crippen molar-refractivity contribution >= 4 is 38.5 Å². The number of ether oxygens (including phenoxy) is 1. The SMILES string of the molecule is CN(C)S(=O)(=O)c1ccc(OCCNC(=O)c2ccc(I)cc2)cc1. The number of nitrogens with one attached hydrogen (secondary N) is 1. The number of hydrogen-bond donors (Lipinski definition) is 1. The van der Waals surface area contributed by atoms with E-state index in [0.717, 1.165) is 7.88 Å². The van der Waals surface area contributed by atoms with Crippen molar-refractivity contribution in [2.24, 2.45) is 0 Å². The van der Waals surface area contributed by atoms with E-state index >= 15 is 0 Å². The molecule has 2 rings (SSSR count). The molecule has 0 fully saturated rings. The summed E-state index contributed by atoms with van der Waals surface area (Å²) in [5.74, 6) is 0.383. The third-order valence-electron chi connectivity index (χ3n) is 3.37. The van der Waals surface area contributed by atoms with E-state index in [4.69, 9.17) is 4.74 Å². The fourth-order valence-corrected chi connectivity index (χ4v) is 3.22. The molecule has 8 heteroatoms. The minimum absolute atomic E-state index is 0.160. The van der Waals surface area contributed by atoms with Crippen molar-refractivity contribution in [3.8, 4) is 5.75 Å². The fraction of sp³-hybridized carbons (Fsp3) is 0.235. The lowest BCUT2D eigenvalue weighted by molar-refractivity contribution is 0.0947. The average Bonchev–Trinajstić information content (AvgIpc) is 2.59. The lowest BCUT2D eigenvalue weighted by Crippen LogP contribution is -2.28. The lowest BCUT2D eigenvalue weighted by atomic mass is 10.2. The van der Waals surface area contributed by atoms with Gasteiger partial charge in [-0.1, -0.05) is 0 Å². The van der Waals surface area contributed by atoms with E-state index in [-0.39, 0.29) is 17.4 Å². The summed E-state index contributed by atoms with van der Waals surface area (Å²) >= 11 is 2.18. The summed E-state index contributed by atoms with van der Waals surface area (Å²) in [5.41, 5.74) is 0.596. The van der Waals surface area contributed by atoms with Gasteiger partial charge in [0.25, 0.3) is 5.91 Å². The molecule has 0 aromatic heterocycles. The summed E-state index contributed by atoms with van der Waals surface area (Å²) in [7, 11) is -0.479. The van der Waals surface area contributed by atoms with Gasteiger partial charge in [0.05, 0.1) is 11.4 Å². The van der Waals surface area contributed by atoms with Crippen LogP contribution in [0.15, 0.2) is 53.4 Å². The first kappa shape index (κ1) is 19.7. The normalized spacial score (nSPS) is 11.4. The van der Waals surface area contributed by atoms with Crippen LogP contribution in [0, 0.1) is 3.57 Å². The molecule has 0 heterocycles. The largest absolute Gasteiger partial charge is 0.492 e. The van der Waals surface area contributed by atoms with E-state index in [2.05, 4.69) is 27.9 Å². The zero-order chi connectivity index (χ0) is 18.4. The number of benzene rings is 2. The highest BCUT2D eigenvalue weighted by Gasteiger charge is 2.16. The first-order valence-electron chi connectivity index (χ1n) is 7.50. The number of carbonyl (C=O) groups is 1. The Balaban J connectivity index is 1.82. The van der Waals surface area contributed by atoms with Crippen molar-refractivity contribution in [3.05, 3.63) is 57.7 Å². The molecular formula is C17H19IN2O4S. The van der Waals surface area contributed by atoms with Crippen LogP contribution in [-0.2, 0) is 10.0 Å². The molecule has 25 heavy (non-hydrogen) atoms. The summed E-state index contributed by atoms with van der Waals surface area (Å²) in [4.78, 5) is 12.2. The van der Waals surface area contributed by atoms with Gasteiger partial charge in [0.2, 0.25) is 10.0 Å². The minimum atomic E-state index is -3.44. The third kappa shape index (κ3) is 5.41. The zero-order valence-corrected chi connectivity index (χ0v) is 16.9. The van der Waals surface area contributed by atoms with Crippen molar-refractivity contribution < 1.29 is 17.9 Å². The Kier molecular flexibility index (Phi) is 6.79. The predicted octanol–water partition coefficient (Wildman–Crippen LogP) is 2.35. The maximum absolute atomic E-state index is 12.0. The maximum Gasteiger partial charge on any atom is 0.251 e. The molecule has 0 saturated carbocycles. The van der Waals surface area contributed by atoms with Crippen molar-refractivity contribution in [2.75, 3.05) is 27.2 Å². The van der Waals surface area contributed by atoms with Crippen LogP contribution >= 0.6 is 22.6 Å². The Morgan fingerprint density at radius 3 is 2.24 bits per heavy atom. The van der Waals surface area contributed by atoms with Crippen LogP contribution in [0.4, 0.5) is 0 Å². The number of amides is 1. The molecule has 0 radical (unpaired) electrons. The molecule has 0 aliphatic carbocycles. The average molecular weight is 474 g/mol. The molecule has 0 saturated heterocycles. The molecule has 134 valence electrons. The molecule has 0 aliphatic heterocycles. The minimum Gasteiger partial charge on any atom is -0.492 e. The van der Waals surface area contributed by atoms with Gasteiger partial charge in [0.1, 0.15) is 12.4 Å². The number of hydrogen-bond acceptors (Lipinski definition) is 4. The molecule has 0 spiro atoms. The fourth-order valence-electron chi connectivity index (χ4n) is 1.96. The van der Waals surface area contributed by atoms with Crippen LogP contribution in [0.5, 0.6) is 5.75 Å². The second-order valence-electron chi connectivity index (χ2n) is 5.37. The summed E-state index contributed by atoms with van der Waals surface area (Å²) in [5, 5.41) is 2.77. The Hall–Kier alpha value is -1.65. The smallest absolute Gasteiger partial charge is 0.251 e. The molecule has 0 atom stereocenters. The highest BCUT2D eigenvalue weighted by Crippen LogP contribution is 2.17. The second kappa shape index (κ2) is 8.63. The van der Waals surface area contributed by atoms with Gasteiger partial charge in [-0.15, -0.1) is 0 Å². The van der Waals surface area contributed by atoms with Gasteiger partial charge in [0.15, 0.2) is 0 Å². The van der Waals surface area contributed by atoms with Gasteiger partial charge in [0, 0.05) is 23.2 Å². The summed E-state index contributed by atoms with van der Waals surface area (Å²) in [6, 6.07) is 13.5. The number of halogens is 1. The highest BCUT2D eigenvalue weighted by atomic mass is 127. The maximum atomic E-state index is 12.0. The van der Waals surface area contributed by atoms with E-state index in [9.17, 15) is 13.2 Å². The van der Waals surface area contributed by atoms with Crippen molar-refractivity contribution in [3.63, 3.8) is 0 Å². The van der Waals surface area contributed by atoms with Crippen LogP contribution in [0.3, 0.4) is 0 Å². The molecule has 1 amide bonds. The Labute approximate surface area is 161 Å². The molecule has 2 aromatic rings. The molecular weight excluding hydrogens is 455 g/mol. The molecule has 0 bridgehead atoms. The highest BCUT2D eigenvalue weighted by molar-refractivity contribution is 14.1. The van der Waals surface area contributed by atoms with Gasteiger partial charge < -0.3 is 10.1 Å². The van der Waals surface area contributed by atoms with E-state index in [1.165, 1.54) is 26.2 Å². The standard InChI is InChI=1S/C17H19IN2O4S/c1-20(2)25(22,23)16-9-7-15(8-10-16)24-12-11-19-17(21)13-3-5-14(18)6-4-13/h3-10H,11-12H2,1-2H3,(H,19,21). The van der Waals surface area contributed by atoms with Crippen LogP contribution < -0.4 is 10.1 Å². The van der Waals surface area contributed by atoms with E-state index in [0.29, 0.717) is 17.9 Å². The third-order valence-corrected chi connectivity index (χ3v) is 5.91. The Morgan fingerprint density at radius 2 is 1.68 bits per heavy atom. The van der Waals surface area contributed by atoms with E-state index < -0.39 is 10.0 Å². The van der Waals surface area contributed by atoms with Crippen LogP contribution in [0.1, 0.15) is 10.4 Å². The summed E-state index contributed by atoms with van der Waals surface area (Å²) in [6.07, 6.45) is 0. The quantitative estimate of drug-likeness (QED) is 0.494.